The normalized spacial score (nSPS) is 27.4. The fourth-order valence-corrected chi connectivity index (χ4v) is 1.46. The summed E-state index contributed by atoms with van der Waals surface area (Å²) >= 11 is 0. The molecule has 1 saturated carbocycles. The average Bonchev–Trinajstić information content (AvgIpc) is 2.71. The largest absolute Gasteiger partial charge is 0.0779 e. The number of allylic oxidation sites excluding steroid dienone is 6. The Hall–Kier alpha value is -0.780. The van der Waals surface area contributed by atoms with Crippen LogP contribution < -0.4 is 0 Å². The lowest BCUT2D eigenvalue weighted by Gasteiger charge is -2.06. The van der Waals surface area contributed by atoms with Crippen molar-refractivity contribution in [2.75, 3.05) is 0 Å². The molecule has 0 spiro atoms. The van der Waals surface area contributed by atoms with E-state index in [1.165, 1.54) is 30.4 Å². The third-order valence-electron chi connectivity index (χ3n) is 2.25. The van der Waals surface area contributed by atoms with Gasteiger partial charge in [0.1, 0.15) is 0 Å². The van der Waals surface area contributed by atoms with Crippen LogP contribution in [-0.4, -0.2) is 0 Å². The average molecular weight is 146 g/mol. The van der Waals surface area contributed by atoms with Crippen LogP contribution in [0.25, 0.3) is 0 Å². The molecule has 0 bridgehead atoms. The Balaban J connectivity index is 2.06. The van der Waals surface area contributed by atoms with Crippen LogP contribution in [0.5, 0.6) is 0 Å². The highest BCUT2D eigenvalue weighted by Gasteiger charge is 2.18. The van der Waals surface area contributed by atoms with Gasteiger partial charge in [-0.05, 0) is 37.7 Å². The molecule has 11 heavy (non-hydrogen) atoms. The summed E-state index contributed by atoms with van der Waals surface area (Å²) in [5.74, 6) is 0.917. The first kappa shape index (κ1) is 6.90. The molecule has 2 aliphatic rings. The summed E-state index contributed by atoms with van der Waals surface area (Å²) < 4.78 is 0. The topological polar surface area (TPSA) is 0 Å². The van der Waals surface area contributed by atoms with Crippen LogP contribution in [0.3, 0.4) is 0 Å². The van der Waals surface area contributed by atoms with E-state index in [1.54, 1.807) is 0 Å². The van der Waals surface area contributed by atoms with Crippen LogP contribution in [-0.2, 0) is 0 Å². The highest BCUT2D eigenvalue weighted by atomic mass is 14.2. The van der Waals surface area contributed by atoms with E-state index in [1.807, 2.05) is 0 Å². The smallest absolute Gasteiger partial charge is 0.00698 e. The molecular formula is C11H14. The van der Waals surface area contributed by atoms with E-state index in [0.29, 0.717) is 0 Å². The zero-order chi connectivity index (χ0) is 7.68. The molecule has 0 heteroatoms. The Morgan fingerprint density at radius 1 is 1.45 bits per heavy atom. The van der Waals surface area contributed by atoms with Gasteiger partial charge in [0.05, 0.1) is 0 Å². The fraction of sp³-hybridized carbons (Fsp3) is 0.455. The SMILES string of the molecule is CC1=CC=CC(=CC2CC2)C1. The van der Waals surface area contributed by atoms with Gasteiger partial charge in [-0.25, -0.2) is 0 Å². The van der Waals surface area contributed by atoms with Gasteiger partial charge in [0, 0.05) is 0 Å². The van der Waals surface area contributed by atoms with Gasteiger partial charge in [-0.1, -0.05) is 29.9 Å². The van der Waals surface area contributed by atoms with Crippen molar-refractivity contribution in [3.05, 3.63) is 35.5 Å². The zero-order valence-electron chi connectivity index (χ0n) is 7.01. The third-order valence-corrected chi connectivity index (χ3v) is 2.25. The predicted octanol–water partition coefficient (Wildman–Crippen LogP) is 3.23. The fourth-order valence-electron chi connectivity index (χ4n) is 1.46. The molecule has 0 aromatic heterocycles. The van der Waals surface area contributed by atoms with E-state index in [-0.39, 0.29) is 0 Å². The van der Waals surface area contributed by atoms with E-state index >= 15 is 0 Å². The molecule has 0 amide bonds. The van der Waals surface area contributed by atoms with Gasteiger partial charge in [-0.15, -0.1) is 0 Å². The van der Waals surface area contributed by atoms with E-state index in [4.69, 9.17) is 0 Å². The molecular weight excluding hydrogens is 132 g/mol. The summed E-state index contributed by atoms with van der Waals surface area (Å²) in [5, 5.41) is 0. The standard InChI is InChI=1S/C11H14/c1-9-3-2-4-11(7-9)8-10-5-6-10/h2-4,8,10H,5-7H2,1H3. The Kier molecular flexibility index (Phi) is 1.69. The second kappa shape index (κ2) is 2.69. The van der Waals surface area contributed by atoms with Gasteiger partial charge in [0.15, 0.2) is 0 Å². The van der Waals surface area contributed by atoms with Gasteiger partial charge in [0.25, 0.3) is 0 Å². The van der Waals surface area contributed by atoms with Crippen molar-refractivity contribution in [3.63, 3.8) is 0 Å². The van der Waals surface area contributed by atoms with Crippen LogP contribution in [0.15, 0.2) is 35.5 Å². The highest BCUT2D eigenvalue weighted by molar-refractivity contribution is 5.34. The van der Waals surface area contributed by atoms with Gasteiger partial charge < -0.3 is 0 Å². The molecule has 0 aromatic carbocycles. The number of rotatable bonds is 1. The molecule has 0 atom stereocenters. The molecule has 2 aliphatic carbocycles. The van der Waals surface area contributed by atoms with Gasteiger partial charge in [-0.3, -0.25) is 0 Å². The first-order valence-electron chi connectivity index (χ1n) is 4.39. The molecule has 0 N–H and O–H groups in total. The van der Waals surface area contributed by atoms with Crippen LogP contribution in [0.4, 0.5) is 0 Å². The lowest BCUT2D eigenvalue weighted by atomic mass is 10.0. The summed E-state index contributed by atoms with van der Waals surface area (Å²) in [5.41, 5.74) is 3.01. The first-order chi connectivity index (χ1) is 5.34. The van der Waals surface area contributed by atoms with E-state index in [9.17, 15) is 0 Å². The van der Waals surface area contributed by atoms with Crippen molar-refractivity contribution >= 4 is 0 Å². The molecule has 1 fully saturated rings. The highest BCUT2D eigenvalue weighted by Crippen LogP contribution is 2.33. The summed E-state index contributed by atoms with van der Waals surface area (Å²) in [4.78, 5) is 0. The van der Waals surface area contributed by atoms with Crippen molar-refractivity contribution < 1.29 is 0 Å². The summed E-state index contributed by atoms with van der Waals surface area (Å²) in [6.07, 6.45) is 13.0. The van der Waals surface area contributed by atoms with Crippen molar-refractivity contribution in [3.8, 4) is 0 Å². The Labute approximate surface area is 68.3 Å². The Morgan fingerprint density at radius 3 is 2.91 bits per heavy atom. The van der Waals surface area contributed by atoms with Crippen LogP contribution in [0, 0.1) is 5.92 Å². The van der Waals surface area contributed by atoms with Crippen LogP contribution in [0.2, 0.25) is 0 Å². The summed E-state index contributed by atoms with van der Waals surface area (Å²) in [7, 11) is 0. The molecule has 0 unspecified atom stereocenters. The summed E-state index contributed by atoms with van der Waals surface area (Å²) in [6, 6.07) is 0. The molecule has 2 rings (SSSR count). The quantitative estimate of drug-likeness (QED) is 0.532. The molecule has 0 saturated heterocycles. The van der Waals surface area contributed by atoms with Crippen molar-refractivity contribution in [2.45, 2.75) is 26.2 Å². The molecule has 0 nitrogen and oxygen atoms in total. The molecule has 0 aromatic rings. The van der Waals surface area contributed by atoms with Gasteiger partial charge in [0.2, 0.25) is 0 Å². The maximum absolute atomic E-state index is 2.44. The second-order valence-corrected chi connectivity index (χ2v) is 3.63. The minimum absolute atomic E-state index is 0.917. The predicted molar refractivity (Wildman–Crippen MR) is 48.3 cm³/mol. The van der Waals surface area contributed by atoms with E-state index in [2.05, 4.69) is 31.2 Å². The minimum Gasteiger partial charge on any atom is -0.0779 e. The zero-order valence-corrected chi connectivity index (χ0v) is 7.01. The maximum atomic E-state index is 2.44. The van der Waals surface area contributed by atoms with Crippen LogP contribution >= 0.6 is 0 Å². The maximum Gasteiger partial charge on any atom is -0.00698 e. The second-order valence-electron chi connectivity index (χ2n) is 3.63. The summed E-state index contributed by atoms with van der Waals surface area (Å²) in [6.45, 7) is 2.20. The van der Waals surface area contributed by atoms with E-state index in [0.717, 1.165) is 5.92 Å². The molecule has 0 aliphatic heterocycles. The van der Waals surface area contributed by atoms with Crippen molar-refractivity contribution in [1.82, 2.24) is 0 Å². The third kappa shape index (κ3) is 1.83. The lowest BCUT2D eigenvalue weighted by molar-refractivity contribution is 1.05. The first-order valence-corrected chi connectivity index (χ1v) is 4.39. The van der Waals surface area contributed by atoms with Crippen molar-refractivity contribution in [1.29, 1.82) is 0 Å². The number of hydrogen-bond donors (Lipinski definition) is 0. The van der Waals surface area contributed by atoms with Gasteiger partial charge >= 0.3 is 0 Å². The van der Waals surface area contributed by atoms with Crippen LogP contribution in [0.1, 0.15) is 26.2 Å². The molecule has 0 heterocycles. The molecule has 58 valence electrons. The van der Waals surface area contributed by atoms with E-state index < -0.39 is 0 Å². The Bertz CT molecular complexity index is 237. The van der Waals surface area contributed by atoms with Crippen molar-refractivity contribution in [2.24, 2.45) is 5.92 Å². The number of hydrogen-bond acceptors (Lipinski definition) is 0. The minimum atomic E-state index is 0.917. The molecule has 0 radical (unpaired) electrons. The monoisotopic (exact) mass is 146 g/mol. The van der Waals surface area contributed by atoms with Gasteiger partial charge in [-0.2, -0.15) is 0 Å². The lowest BCUT2D eigenvalue weighted by Crippen LogP contribution is -1.87. The Morgan fingerprint density at radius 2 is 2.27 bits per heavy atom.